The van der Waals surface area contributed by atoms with Crippen molar-refractivity contribution in [2.75, 3.05) is 0 Å². The molecule has 6 nitrogen and oxygen atoms in total. The van der Waals surface area contributed by atoms with Crippen LogP contribution >= 0.6 is 0 Å². The molecule has 1 saturated carbocycles. The van der Waals surface area contributed by atoms with E-state index in [0.717, 1.165) is 46.4 Å². The molecule has 0 spiro atoms. The second-order valence-corrected chi connectivity index (χ2v) is 7.22. The molecule has 0 aliphatic heterocycles. The molecule has 1 aromatic carbocycles. The van der Waals surface area contributed by atoms with Crippen LogP contribution in [0.3, 0.4) is 0 Å². The molecule has 0 bridgehead atoms. The Morgan fingerprint density at radius 3 is 2.67 bits per heavy atom. The van der Waals surface area contributed by atoms with Crippen LogP contribution in [0.1, 0.15) is 36.7 Å². The topological polar surface area (TPSA) is 93.4 Å². The summed E-state index contributed by atoms with van der Waals surface area (Å²) in [5.41, 5.74) is 11.2. The number of fused-ring (bicyclic) bond motifs is 1. The summed E-state index contributed by atoms with van der Waals surface area (Å²) in [4.78, 5) is 4.57. The van der Waals surface area contributed by atoms with E-state index in [-0.39, 0.29) is 11.5 Å². The van der Waals surface area contributed by atoms with Crippen LogP contribution in [0, 0.1) is 0 Å². The van der Waals surface area contributed by atoms with Gasteiger partial charge in [-0.05, 0) is 43.2 Å². The minimum absolute atomic E-state index is 0.133. The second kappa shape index (κ2) is 6.25. The van der Waals surface area contributed by atoms with Gasteiger partial charge in [0, 0.05) is 28.3 Å². The van der Waals surface area contributed by atoms with Crippen molar-refractivity contribution in [1.29, 1.82) is 0 Å². The van der Waals surface area contributed by atoms with Gasteiger partial charge >= 0.3 is 0 Å². The highest BCUT2D eigenvalue weighted by atomic mass is 15.1. The van der Waals surface area contributed by atoms with E-state index in [1.54, 1.807) is 0 Å². The first-order chi connectivity index (χ1) is 13.3. The molecule has 6 heteroatoms. The van der Waals surface area contributed by atoms with Crippen LogP contribution in [0.2, 0.25) is 0 Å². The number of H-pyrrole nitrogens is 1. The summed E-state index contributed by atoms with van der Waals surface area (Å²) in [6, 6.07) is 15.9. The third-order valence-corrected chi connectivity index (χ3v) is 5.76. The van der Waals surface area contributed by atoms with Gasteiger partial charge in [0.05, 0.1) is 29.1 Å². The third kappa shape index (κ3) is 2.61. The molecule has 0 radical (unpaired) electrons. The number of nitrogens with two attached hydrogens (primary N) is 1. The average molecular weight is 356 g/mol. The van der Waals surface area contributed by atoms with Crippen molar-refractivity contribution in [2.24, 2.45) is 5.73 Å². The molecule has 0 saturated heterocycles. The molecule has 0 amide bonds. The maximum Gasteiger partial charge on any atom is 0.0930 e. The van der Waals surface area contributed by atoms with Crippen LogP contribution in [0.15, 0.2) is 60.9 Å². The van der Waals surface area contributed by atoms with Gasteiger partial charge in [0.15, 0.2) is 0 Å². The van der Waals surface area contributed by atoms with Crippen molar-refractivity contribution in [3.05, 3.63) is 72.3 Å². The molecule has 3 heterocycles. The van der Waals surface area contributed by atoms with Gasteiger partial charge in [-0.1, -0.05) is 24.6 Å². The van der Waals surface area contributed by atoms with Gasteiger partial charge in [-0.15, -0.1) is 0 Å². The first kappa shape index (κ1) is 16.1. The zero-order valence-electron chi connectivity index (χ0n) is 14.8. The smallest absolute Gasteiger partial charge is 0.0930 e. The van der Waals surface area contributed by atoms with Gasteiger partial charge in [0.1, 0.15) is 0 Å². The van der Waals surface area contributed by atoms with Crippen LogP contribution in [-0.2, 0) is 5.41 Å². The van der Waals surface area contributed by atoms with Crippen LogP contribution in [-0.4, -0.2) is 25.4 Å². The molecule has 4 aromatic rings. The van der Waals surface area contributed by atoms with Gasteiger partial charge in [-0.25, -0.2) is 0 Å². The Kier molecular flexibility index (Phi) is 3.72. The molecule has 1 unspecified atom stereocenters. The highest BCUT2D eigenvalue weighted by Crippen LogP contribution is 2.50. The molecular formula is C21H20N6. The molecule has 1 fully saturated rings. The van der Waals surface area contributed by atoms with Crippen LogP contribution in [0.25, 0.3) is 22.2 Å². The molecule has 1 aliphatic rings. The van der Waals surface area contributed by atoms with Crippen molar-refractivity contribution in [1.82, 2.24) is 25.4 Å². The number of rotatable bonds is 4. The first-order valence-corrected chi connectivity index (χ1v) is 9.20. The Balaban J connectivity index is 1.46. The van der Waals surface area contributed by atoms with E-state index in [1.807, 2.05) is 54.9 Å². The van der Waals surface area contributed by atoms with Gasteiger partial charge in [-0.2, -0.15) is 15.3 Å². The Morgan fingerprint density at radius 2 is 1.96 bits per heavy atom. The summed E-state index contributed by atoms with van der Waals surface area (Å²) in [7, 11) is 0. The Bertz CT molecular complexity index is 1070. The molecular weight excluding hydrogens is 336 g/mol. The SMILES string of the molecule is NC(c1ccc(-c2ccc3cn[nH]c3c2)nn1)C1(c2ccccn2)CCC1. The standard InChI is InChI=1S/C21H20N6/c22-20(21(9-3-10-21)19-4-1-2-11-23-19)17-8-7-16(26-27-17)14-5-6-15-13-24-25-18(15)12-14/h1-2,4-8,11-13,20H,3,9-10,22H2,(H,24,25). The highest BCUT2D eigenvalue weighted by Gasteiger charge is 2.46. The van der Waals surface area contributed by atoms with Crippen LogP contribution in [0.5, 0.6) is 0 Å². The molecule has 1 aliphatic carbocycles. The van der Waals surface area contributed by atoms with Gasteiger partial charge < -0.3 is 5.73 Å². The summed E-state index contributed by atoms with van der Waals surface area (Å²) >= 11 is 0. The molecule has 134 valence electrons. The fourth-order valence-corrected chi connectivity index (χ4v) is 3.98. The lowest BCUT2D eigenvalue weighted by Gasteiger charge is -2.45. The average Bonchev–Trinajstić information content (AvgIpc) is 3.16. The minimum atomic E-state index is -0.210. The maximum atomic E-state index is 6.66. The zero-order valence-corrected chi connectivity index (χ0v) is 14.8. The van der Waals surface area contributed by atoms with E-state index in [1.165, 1.54) is 6.42 Å². The molecule has 3 aromatic heterocycles. The summed E-state index contributed by atoms with van der Waals surface area (Å²) in [5.74, 6) is 0. The van der Waals surface area contributed by atoms with Crippen LogP contribution in [0.4, 0.5) is 0 Å². The Labute approximate surface area is 156 Å². The van der Waals surface area contributed by atoms with E-state index in [0.29, 0.717) is 0 Å². The monoisotopic (exact) mass is 356 g/mol. The lowest BCUT2D eigenvalue weighted by Crippen LogP contribution is -2.45. The van der Waals surface area contributed by atoms with Crippen molar-refractivity contribution < 1.29 is 0 Å². The normalized spacial score (nSPS) is 16.8. The van der Waals surface area contributed by atoms with Gasteiger partial charge in [-0.3, -0.25) is 10.1 Å². The molecule has 3 N–H and O–H groups in total. The number of pyridine rings is 1. The van der Waals surface area contributed by atoms with Crippen LogP contribution < -0.4 is 5.73 Å². The summed E-state index contributed by atoms with van der Waals surface area (Å²) in [5, 5.41) is 17.0. The number of nitrogens with one attached hydrogen (secondary N) is 1. The van der Waals surface area contributed by atoms with E-state index >= 15 is 0 Å². The number of nitrogens with zero attached hydrogens (tertiary/aromatic N) is 4. The Morgan fingerprint density at radius 1 is 1.04 bits per heavy atom. The predicted octanol–water partition coefficient (Wildman–Crippen LogP) is 3.54. The zero-order chi connectivity index (χ0) is 18.3. The fraction of sp³-hybridized carbons (Fsp3) is 0.238. The fourth-order valence-electron chi connectivity index (χ4n) is 3.98. The summed E-state index contributed by atoms with van der Waals surface area (Å²) < 4.78 is 0. The molecule has 1 atom stereocenters. The van der Waals surface area contributed by atoms with Gasteiger partial charge in [0.25, 0.3) is 0 Å². The van der Waals surface area contributed by atoms with Crippen molar-refractivity contribution in [3.8, 4) is 11.3 Å². The quantitative estimate of drug-likeness (QED) is 0.583. The summed E-state index contributed by atoms with van der Waals surface area (Å²) in [6.07, 6.45) is 6.88. The van der Waals surface area contributed by atoms with Crippen molar-refractivity contribution in [2.45, 2.75) is 30.7 Å². The third-order valence-electron chi connectivity index (χ3n) is 5.76. The number of aromatic amines is 1. The Hall–Kier alpha value is -3.12. The van der Waals surface area contributed by atoms with Gasteiger partial charge in [0.2, 0.25) is 0 Å². The second-order valence-electron chi connectivity index (χ2n) is 7.22. The van der Waals surface area contributed by atoms with Crippen molar-refractivity contribution >= 4 is 10.9 Å². The lowest BCUT2D eigenvalue weighted by molar-refractivity contribution is 0.187. The predicted molar refractivity (Wildman–Crippen MR) is 104 cm³/mol. The van der Waals surface area contributed by atoms with E-state index < -0.39 is 0 Å². The molecule has 5 rings (SSSR count). The number of hydrogen-bond donors (Lipinski definition) is 2. The number of benzene rings is 1. The summed E-state index contributed by atoms with van der Waals surface area (Å²) in [6.45, 7) is 0. The van der Waals surface area contributed by atoms with E-state index in [9.17, 15) is 0 Å². The largest absolute Gasteiger partial charge is 0.322 e. The number of aromatic nitrogens is 5. The number of hydrogen-bond acceptors (Lipinski definition) is 5. The minimum Gasteiger partial charge on any atom is -0.322 e. The maximum absolute atomic E-state index is 6.66. The lowest BCUT2D eigenvalue weighted by atomic mass is 9.61. The molecule has 27 heavy (non-hydrogen) atoms. The van der Waals surface area contributed by atoms with E-state index in [4.69, 9.17) is 5.73 Å². The van der Waals surface area contributed by atoms with Crippen molar-refractivity contribution in [3.63, 3.8) is 0 Å². The van der Waals surface area contributed by atoms with E-state index in [2.05, 4.69) is 31.4 Å². The first-order valence-electron chi connectivity index (χ1n) is 9.20. The highest BCUT2D eigenvalue weighted by molar-refractivity contribution is 5.82.